The molecule has 0 aliphatic rings. The van der Waals surface area contributed by atoms with E-state index in [1.165, 1.54) is 29.9 Å². The van der Waals surface area contributed by atoms with Gasteiger partial charge >= 0.3 is 0 Å². The summed E-state index contributed by atoms with van der Waals surface area (Å²) in [5.41, 5.74) is 3.78. The predicted octanol–water partition coefficient (Wildman–Crippen LogP) is 5.10. The van der Waals surface area contributed by atoms with Gasteiger partial charge in [-0.2, -0.15) is 13.9 Å². The molecule has 0 saturated heterocycles. The molecule has 1 unspecified atom stereocenters. The van der Waals surface area contributed by atoms with Crippen molar-refractivity contribution in [3.63, 3.8) is 0 Å². The van der Waals surface area contributed by atoms with E-state index in [0.717, 1.165) is 32.9 Å². The molecule has 5 rings (SSSR count). The van der Waals surface area contributed by atoms with Gasteiger partial charge in [0.15, 0.2) is 0 Å². The molecule has 5 aromatic rings. The first-order valence-electron chi connectivity index (χ1n) is 12.1. The van der Waals surface area contributed by atoms with E-state index in [-0.39, 0.29) is 17.2 Å². The number of hydrogen-bond donors (Lipinski definition) is 1. The van der Waals surface area contributed by atoms with Gasteiger partial charge in [-0.1, -0.05) is 18.2 Å². The second-order valence-corrected chi connectivity index (χ2v) is 9.47. The SMILES string of the molecule is COCC(F)(F)c1cccc(C(C)Nc2nc(C)nc3c2cc(-c2ccc(=O)n(C)c2)c2c3cnn2C)c1. The van der Waals surface area contributed by atoms with Crippen LogP contribution in [0, 0.1) is 6.92 Å². The van der Waals surface area contributed by atoms with Crippen LogP contribution in [0.1, 0.15) is 29.9 Å². The Labute approximate surface area is 217 Å². The lowest BCUT2D eigenvalue weighted by atomic mass is 10.00. The number of aromatic nitrogens is 5. The molecule has 8 nitrogen and oxygen atoms in total. The van der Waals surface area contributed by atoms with Crippen molar-refractivity contribution in [2.24, 2.45) is 14.1 Å². The lowest BCUT2D eigenvalue weighted by molar-refractivity contribution is -0.0698. The molecule has 0 fully saturated rings. The van der Waals surface area contributed by atoms with Gasteiger partial charge in [0.05, 0.1) is 17.2 Å². The number of nitrogens with one attached hydrogen (secondary N) is 1. The van der Waals surface area contributed by atoms with E-state index >= 15 is 0 Å². The number of ether oxygens (including phenoxy) is 1. The molecule has 1 N–H and O–H groups in total. The van der Waals surface area contributed by atoms with Crippen molar-refractivity contribution in [3.8, 4) is 11.1 Å². The van der Waals surface area contributed by atoms with Crippen molar-refractivity contribution < 1.29 is 13.5 Å². The number of aryl methyl sites for hydroxylation is 3. The summed E-state index contributed by atoms with van der Waals surface area (Å²) in [4.78, 5) is 21.4. The maximum atomic E-state index is 14.5. The van der Waals surface area contributed by atoms with E-state index in [2.05, 4.69) is 15.4 Å². The fourth-order valence-electron chi connectivity index (χ4n) is 4.74. The highest BCUT2D eigenvalue weighted by Crippen LogP contribution is 2.37. The van der Waals surface area contributed by atoms with Gasteiger partial charge in [-0.25, -0.2) is 9.97 Å². The third-order valence-corrected chi connectivity index (χ3v) is 6.68. The van der Waals surface area contributed by atoms with Gasteiger partial charge in [0.25, 0.3) is 5.92 Å². The Morgan fingerprint density at radius 2 is 1.89 bits per heavy atom. The van der Waals surface area contributed by atoms with E-state index in [1.807, 2.05) is 27.0 Å². The Bertz CT molecular complexity index is 1730. The minimum atomic E-state index is -3.10. The van der Waals surface area contributed by atoms with Crippen LogP contribution >= 0.6 is 0 Å². The second kappa shape index (κ2) is 9.60. The Morgan fingerprint density at radius 3 is 2.63 bits per heavy atom. The molecule has 3 heterocycles. The number of fused-ring (bicyclic) bond motifs is 3. The number of rotatable bonds is 7. The monoisotopic (exact) mass is 518 g/mol. The van der Waals surface area contributed by atoms with Gasteiger partial charge in [0, 0.05) is 67.0 Å². The first-order chi connectivity index (χ1) is 18.1. The van der Waals surface area contributed by atoms with Crippen LogP contribution in [0.3, 0.4) is 0 Å². The minimum Gasteiger partial charge on any atom is -0.378 e. The van der Waals surface area contributed by atoms with Crippen LogP contribution in [0.15, 0.2) is 59.7 Å². The highest BCUT2D eigenvalue weighted by molar-refractivity contribution is 6.13. The smallest absolute Gasteiger partial charge is 0.296 e. The third kappa shape index (κ3) is 4.51. The van der Waals surface area contributed by atoms with Crippen LogP contribution in [0.25, 0.3) is 32.9 Å². The fourth-order valence-corrected chi connectivity index (χ4v) is 4.74. The first kappa shape index (κ1) is 25.5. The Hall–Kier alpha value is -4.18. The number of nitrogens with zero attached hydrogens (tertiary/aromatic N) is 5. The lowest BCUT2D eigenvalue weighted by Crippen LogP contribution is -2.20. The third-order valence-electron chi connectivity index (χ3n) is 6.68. The molecule has 38 heavy (non-hydrogen) atoms. The maximum absolute atomic E-state index is 14.5. The van der Waals surface area contributed by atoms with Crippen LogP contribution in [0.5, 0.6) is 0 Å². The topological polar surface area (TPSA) is 86.9 Å². The van der Waals surface area contributed by atoms with E-state index in [4.69, 9.17) is 9.72 Å². The van der Waals surface area contributed by atoms with Gasteiger partial charge < -0.3 is 14.6 Å². The van der Waals surface area contributed by atoms with Gasteiger partial charge in [0.2, 0.25) is 5.56 Å². The summed E-state index contributed by atoms with van der Waals surface area (Å²) >= 11 is 0. The van der Waals surface area contributed by atoms with Crippen LogP contribution in [0.4, 0.5) is 14.6 Å². The number of pyridine rings is 1. The molecule has 0 saturated carbocycles. The minimum absolute atomic E-state index is 0.107. The highest BCUT2D eigenvalue weighted by Gasteiger charge is 2.32. The molecule has 10 heteroatoms. The Balaban J connectivity index is 1.65. The van der Waals surface area contributed by atoms with Crippen molar-refractivity contribution in [3.05, 3.63) is 82.2 Å². The van der Waals surface area contributed by atoms with Crippen LogP contribution in [-0.2, 0) is 24.8 Å². The van der Waals surface area contributed by atoms with Crippen LogP contribution in [0.2, 0.25) is 0 Å². The summed E-state index contributed by atoms with van der Waals surface area (Å²) in [6.45, 7) is 3.01. The molecule has 0 radical (unpaired) electrons. The normalized spacial score (nSPS) is 12.8. The average molecular weight is 519 g/mol. The zero-order valence-electron chi connectivity index (χ0n) is 21.8. The molecular weight excluding hydrogens is 490 g/mol. The van der Waals surface area contributed by atoms with Crippen molar-refractivity contribution >= 4 is 27.6 Å². The number of halogens is 2. The molecule has 0 bridgehead atoms. The zero-order chi connectivity index (χ0) is 27.2. The molecule has 0 spiro atoms. The van der Waals surface area contributed by atoms with Crippen LogP contribution in [-0.4, -0.2) is 38.0 Å². The summed E-state index contributed by atoms with van der Waals surface area (Å²) in [6, 6.07) is 11.3. The maximum Gasteiger partial charge on any atom is 0.296 e. The molecule has 196 valence electrons. The van der Waals surface area contributed by atoms with Gasteiger partial charge in [-0.05, 0) is 37.6 Å². The molecule has 0 amide bonds. The van der Waals surface area contributed by atoms with Crippen molar-refractivity contribution in [2.45, 2.75) is 25.8 Å². The molecule has 0 aliphatic heterocycles. The van der Waals surface area contributed by atoms with E-state index in [0.29, 0.717) is 17.2 Å². The Kier molecular flexibility index (Phi) is 6.44. The molecular formula is C28H28F2N6O2. The fraction of sp³-hybridized carbons (Fsp3) is 0.286. The van der Waals surface area contributed by atoms with Gasteiger partial charge in [-0.3, -0.25) is 9.48 Å². The van der Waals surface area contributed by atoms with E-state index in [9.17, 15) is 13.6 Å². The Morgan fingerprint density at radius 1 is 1.11 bits per heavy atom. The highest BCUT2D eigenvalue weighted by atomic mass is 19.3. The molecule has 1 atom stereocenters. The van der Waals surface area contributed by atoms with Crippen molar-refractivity contribution in [1.82, 2.24) is 24.3 Å². The van der Waals surface area contributed by atoms with Gasteiger partial charge in [-0.15, -0.1) is 0 Å². The summed E-state index contributed by atoms with van der Waals surface area (Å²) in [7, 11) is 4.83. The standard InChI is InChI=1S/C28H28F2N6O2/c1-16(18-7-6-8-20(11-18)28(29,30)15-38-5)32-27-22-12-21(19-9-10-24(37)35(3)14-19)26-23(13-31-36(26)4)25(22)33-17(2)34-27/h6-14,16H,15H2,1-5H3,(H,32,33,34). The molecule has 2 aromatic carbocycles. The van der Waals surface area contributed by atoms with Crippen LogP contribution < -0.4 is 10.9 Å². The summed E-state index contributed by atoms with van der Waals surface area (Å²) in [6.07, 6.45) is 3.55. The number of anilines is 1. The zero-order valence-corrected chi connectivity index (χ0v) is 21.8. The predicted molar refractivity (Wildman–Crippen MR) is 143 cm³/mol. The lowest BCUT2D eigenvalue weighted by Gasteiger charge is -2.21. The summed E-state index contributed by atoms with van der Waals surface area (Å²) < 4.78 is 37.0. The van der Waals surface area contributed by atoms with E-state index < -0.39 is 12.5 Å². The number of methoxy groups -OCH3 is 1. The number of alkyl halides is 2. The number of hydrogen-bond acceptors (Lipinski definition) is 6. The largest absolute Gasteiger partial charge is 0.378 e. The quantitative estimate of drug-likeness (QED) is 0.323. The number of benzene rings is 2. The second-order valence-electron chi connectivity index (χ2n) is 9.47. The first-order valence-corrected chi connectivity index (χ1v) is 12.1. The molecule has 3 aromatic heterocycles. The average Bonchev–Trinajstić information content (AvgIpc) is 3.27. The van der Waals surface area contributed by atoms with E-state index in [1.54, 1.807) is 42.3 Å². The van der Waals surface area contributed by atoms with Crippen molar-refractivity contribution in [2.75, 3.05) is 19.0 Å². The van der Waals surface area contributed by atoms with Crippen molar-refractivity contribution in [1.29, 1.82) is 0 Å². The molecule has 0 aliphatic carbocycles. The summed E-state index contributed by atoms with van der Waals surface area (Å²) in [5.74, 6) is -1.96. The van der Waals surface area contributed by atoms with Gasteiger partial charge in [0.1, 0.15) is 18.2 Å². The summed E-state index contributed by atoms with van der Waals surface area (Å²) in [5, 5.41) is 9.49.